The van der Waals surface area contributed by atoms with Gasteiger partial charge in [-0.2, -0.15) is 0 Å². The van der Waals surface area contributed by atoms with Crippen LogP contribution in [-0.2, 0) is 9.53 Å². The number of carbonyl (C=O) groups excluding carboxylic acids is 1. The van der Waals surface area contributed by atoms with Gasteiger partial charge in [-0.25, -0.2) is 0 Å². The van der Waals surface area contributed by atoms with Crippen molar-refractivity contribution in [2.45, 2.75) is 85.7 Å². The molecule has 0 heterocycles. The van der Waals surface area contributed by atoms with Crippen LogP contribution in [0.4, 0.5) is 0 Å². The van der Waals surface area contributed by atoms with E-state index in [9.17, 15) is 4.79 Å². The summed E-state index contributed by atoms with van der Waals surface area (Å²) in [7, 11) is 0. The Labute approximate surface area is 160 Å². The molecule has 146 valence electrons. The lowest BCUT2D eigenvalue weighted by atomic mass is 9.47. The fraction of sp³-hybridized carbons (Fsp3) is 0.875. The molecule has 2 nitrogen and oxygen atoms in total. The second-order valence-corrected chi connectivity index (χ2v) is 10.4. The summed E-state index contributed by atoms with van der Waals surface area (Å²) in [5.41, 5.74) is 2.33. The number of carbonyl (C=O) groups is 1. The minimum absolute atomic E-state index is 0.247. The highest BCUT2D eigenvalue weighted by atomic mass is 16.5. The van der Waals surface area contributed by atoms with Gasteiger partial charge in [0.1, 0.15) is 5.78 Å². The fourth-order valence-corrected chi connectivity index (χ4v) is 8.24. The fourth-order valence-electron chi connectivity index (χ4n) is 8.24. The summed E-state index contributed by atoms with van der Waals surface area (Å²) in [6, 6.07) is 0. The maximum atomic E-state index is 12.4. The van der Waals surface area contributed by atoms with Crippen LogP contribution in [0.5, 0.6) is 0 Å². The van der Waals surface area contributed by atoms with E-state index in [1.54, 1.807) is 5.57 Å². The predicted octanol–water partition coefficient (Wildman–Crippen LogP) is 5.81. The Morgan fingerprint density at radius 3 is 2.69 bits per heavy atom. The molecule has 8 atom stereocenters. The van der Waals surface area contributed by atoms with E-state index in [1.807, 2.05) is 6.92 Å². The highest BCUT2D eigenvalue weighted by Crippen LogP contribution is 2.67. The number of hydrogen-bond acceptors (Lipinski definition) is 2. The van der Waals surface area contributed by atoms with Crippen LogP contribution in [0.25, 0.3) is 0 Å². The molecule has 4 aliphatic carbocycles. The molecule has 0 bridgehead atoms. The van der Waals surface area contributed by atoms with Crippen molar-refractivity contribution in [3.05, 3.63) is 11.6 Å². The summed E-state index contributed by atoms with van der Waals surface area (Å²) in [4.78, 5) is 12.4. The number of ether oxygens (including phenoxy) is 1. The Morgan fingerprint density at radius 1 is 1.23 bits per heavy atom. The summed E-state index contributed by atoms with van der Waals surface area (Å²) < 4.78 is 5.97. The lowest BCUT2D eigenvalue weighted by molar-refractivity contribution is -0.128. The van der Waals surface area contributed by atoms with E-state index in [0.717, 1.165) is 30.8 Å². The Balaban J connectivity index is 1.62. The Bertz CT molecular complexity index is 607. The topological polar surface area (TPSA) is 26.3 Å². The third kappa shape index (κ3) is 2.58. The number of allylic oxidation sites excluding steroid dienone is 1. The van der Waals surface area contributed by atoms with E-state index < -0.39 is 0 Å². The highest BCUT2D eigenvalue weighted by Gasteiger charge is 2.61. The maximum absolute atomic E-state index is 12.4. The molecule has 3 saturated carbocycles. The molecule has 0 aromatic heterocycles. The number of hydrogen-bond donors (Lipinski definition) is 0. The van der Waals surface area contributed by atoms with Gasteiger partial charge in [0.25, 0.3) is 0 Å². The van der Waals surface area contributed by atoms with Crippen molar-refractivity contribution in [1.29, 1.82) is 0 Å². The van der Waals surface area contributed by atoms with Gasteiger partial charge in [0.05, 0.1) is 6.10 Å². The van der Waals surface area contributed by atoms with Gasteiger partial charge < -0.3 is 4.74 Å². The van der Waals surface area contributed by atoms with E-state index in [2.05, 4.69) is 33.8 Å². The zero-order chi connectivity index (χ0) is 18.7. The first-order valence-corrected chi connectivity index (χ1v) is 11.1. The minimum Gasteiger partial charge on any atom is -0.378 e. The second-order valence-electron chi connectivity index (χ2n) is 10.4. The van der Waals surface area contributed by atoms with Gasteiger partial charge in [-0.15, -0.1) is 0 Å². The zero-order valence-electron chi connectivity index (χ0n) is 17.5. The summed E-state index contributed by atoms with van der Waals surface area (Å²) in [5.74, 6) is 3.65. The number of fused-ring (bicyclic) bond motifs is 5. The van der Waals surface area contributed by atoms with Gasteiger partial charge in [0.15, 0.2) is 0 Å². The maximum Gasteiger partial charge on any atom is 0.133 e. The van der Waals surface area contributed by atoms with Crippen molar-refractivity contribution >= 4 is 5.78 Å². The summed E-state index contributed by atoms with van der Waals surface area (Å²) in [6.45, 7) is 12.2. The molecule has 0 spiro atoms. The third-order valence-electron chi connectivity index (χ3n) is 9.24. The van der Waals surface area contributed by atoms with Crippen molar-refractivity contribution < 1.29 is 9.53 Å². The summed E-state index contributed by atoms with van der Waals surface area (Å²) in [6.07, 6.45) is 11.8. The molecule has 3 fully saturated rings. The quantitative estimate of drug-likeness (QED) is 0.595. The average Bonchev–Trinajstić information content (AvgIpc) is 2.85. The molecule has 4 rings (SSSR count). The van der Waals surface area contributed by atoms with Crippen LogP contribution in [0, 0.1) is 40.4 Å². The minimum atomic E-state index is 0.247. The molecule has 0 aromatic carbocycles. The van der Waals surface area contributed by atoms with E-state index in [-0.39, 0.29) is 5.41 Å². The molecule has 0 N–H and O–H groups in total. The Kier molecular flexibility index (Phi) is 4.66. The number of ketones is 1. The molecule has 4 aliphatic rings. The van der Waals surface area contributed by atoms with Crippen LogP contribution in [0.15, 0.2) is 11.6 Å². The van der Waals surface area contributed by atoms with Crippen molar-refractivity contribution in [3.8, 4) is 0 Å². The lowest BCUT2D eigenvalue weighted by Crippen LogP contribution is -2.51. The third-order valence-corrected chi connectivity index (χ3v) is 9.24. The molecule has 26 heavy (non-hydrogen) atoms. The van der Waals surface area contributed by atoms with Gasteiger partial charge in [-0.1, -0.05) is 32.4 Å². The van der Waals surface area contributed by atoms with Crippen molar-refractivity contribution in [3.63, 3.8) is 0 Å². The van der Waals surface area contributed by atoms with Crippen molar-refractivity contribution in [1.82, 2.24) is 0 Å². The van der Waals surface area contributed by atoms with Crippen LogP contribution in [0.2, 0.25) is 0 Å². The SMILES string of the molecule is CCO[C@H]1CC[C@@]2(C)C(=CC[C@H]3[C@@H]4C[C@@H](C)[C@H](C(C)=O)[C@@]4(C)CC[C@@H]32)C1. The molecule has 0 aromatic rings. The molecule has 0 saturated heterocycles. The van der Waals surface area contributed by atoms with E-state index in [1.165, 1.54) is 38.5 Å². The monoisotopic (exact) mass is 358 g/mol. The molecule has 0 radical (unpaired) electrons. The summed E-state index contributed by atoms with van der Waals surface area (Å²) >= 11 is 0. The normalized spacial score (nSPS) is 50.4. The van der Waals surface area contributed by atoms with Crippen LogP contribution >= 0.6 is 0 Å². The van der Waals surface area contributed by atoms with E-state index in [0.29, 0.717) is 29.1 Å². The van der Waals surface area contributed by atoms with Crippen molar-refractivity contribution in [2.24, 2.45) is 40.4 Å². The van der Waals surface area contributed by atoms with Gasteiger partial charge in [0.2, 0.25) is 0 Å². The highest BCUT2D eigenvalue weighted by molar-refractivity contribution is 5.80. The van der Waals surface area contributed by atoms with Crippen LogP contribution in [0.1, 0.15) is 79.6 Å². The van der Waals surface area contributed by atoms with Crippen LogP contribution in [-0.4, -0.2) is 18.5 Å². The predicted molar refractivity (Wildman–Crippen MR) is 106 cm³/mol. The van der Waals surface area contributed by atoms with Gasteiger partial charge in [-0.3, -0.25) is 4.79 Å². The van der Waals surface area contributed by atoms with E-state index in [4.69, 9.17) is 4.74 Å². The number of Topliss-reactive ketones (excluding diaryl/α,β-unsaturated/α-hetero) is 1. The van der Waals surface area contributed by atoms with Crippen molar-refractivity contribution in [2.75, 3.05) is 6.61 Å². The molecular weight excluding hydrogens is 320 g/mol. The van der Waals surface area contributed by atoms with Crippen LogP contribution < -0.4 is 0 Å². The Hall–Kier alpha value is -0.630. The summed E-state index contributed by atoms with van der Waals surface area (Å²) in [5, 5.41) is 0. The first kappa shape index (κ1) is 18.7. The first-order chi connectivity index (χ1) is 12.3. The van der Waals surface area contributed by atoms with Gasteiger partial charge in [0, 0.05) is 12.5 Å². The van der Waals surface area contributed by atoms with Gasteiger partial charge >= 0.3 is 0 Å². The molecule has 0 amide bonds. The largest absolute Gasteiger partial charge is 0.378 e. The smallest absolute Gasteiger partial charge is 0.133 e. The average molecular weight is 359 g/mol. The molecular formula is C24H38O2. The van der Waals surface area contributed by atoms with Gasteiger partial charge in [-0.05, 0) is 93.3 Å². The number of rotatable bonds is 3. The second kappa shape index (κ2) is 6.47. The first-order valence-electron chi connectivity index (χ1n) is 11.1. The standard InChI is InChI=1S/C24H38O2/c1-6-26-18-9-11-23(4)17(14-18)7-8-19-20(23)10-12-24(5)21(19)13-15(2)22(24)16(3)25/h7,15,18-22H,6,8-14H2,1-5H3/t15-,18+,19-,20+,21+,22-,23+,24+/m1/s1. The van der Waals surface area contributed by atoms with E-state index >= 15 is 0 Å². The Morgan fingerprint density at radius 2 is 2.00 bits per heavy atom. The molecule has 2 heteroatoms. The molecule has 0 unspecified atom stereocenters. The molecule has 0 aliphatic heterocycles. The zero-order valence-corrected chi connectivity index (χ0v) is 17.5. The lowest BCUT2D eigenvalue weighted by Gasteiger charge is -2.58. The van der Waals surface area contributed by atoms with Crippen LogP contribution in [0.3, 0.4) is 0 Å².